The predicted octanol–water partition coefficient (Wildman–Crippen LogP) is 3.45. The standard InChI is InChI=1S/C14H21N/c1-6-7-15-13(5)14-9-11(3)10(2)8-12(14)4/h6,8-9,13,15H,1,7H2,2-5H3. The molecule has 1 aromatic rings. The molecule has 1 aromatic carbocycles. The van der Waals surface area contributed by atoms with Crippen LogP contribution in [-0.2, 0) is 0 Å². The first-order chi connectivity index (χ1) is 7.06. The molecule has 0 fully saturated rings. The van der Waals surface area contributed by atoms with Gasteiger partial charge in [0, 0.05) is 12.6 Å². The zero-order valence-corrected chi connectivity index (χ0v) is 10.2. The first kappa shape index (κ1) is 12.0. The molecule has 0 heterocycles. The van der Waals surface area contributed by atoms with Gasteiger partial charge in [-0.25, -0.2) is 0 Å². The minimum absolute atomic E-state index is 0.391. The molecule has 0 amide bonds. The summed E-state index contributed by atoms with van der Waals surface area (Å²) in [6, 6.07) is 4.93. The minimum atomic E-state index is 0.391. The zero-order chi connectivity index (χ0) is 11.4. The fourth-order valence-corrected chi connectivity index (χ4v) is 1.82. The van der Waals surface area contributed by atoms with Gasteiger partial charge in [0.15, 0.2) is 0 Å². The Morgan fingerprint density at radius 3 is 2.40 bits per heavy atom. The van der Waals surface area contributed by atoms with Gasteiger partial charge >= 0.3 is 0 Å². The first-order valence-electron chi connectivity index (χ1n) is 5.48. The van der Waals surface area contributed by atoms with Crippen LogP contribution in [0.25, 0.3) is 0 Å². The van der Waals surface area contributed by atoms with Crippen molar-refractivity contribution in [2.75, 3.05) is 6.54 Å². The van der Waals surface area contributed by atoms with E-state index in [-0.39, 0.29) is 0 Å². The van der Waals surface area contributed by atoms with E-state index in [9.17, 15) is 0 Å². The number of benzene rings is 1. The van der Waals surface area contributed by atoms with Gasteiger partial charge in [-0.15, -0.1) is 6.58 Å². The van der Waals surface area contributed by atoms with Crippen LogP contribution in [0.1, 0.15) is 35.2 Å². The van der Waals surface area contributed by atoms with E-state index in [0.717, 1.165) is 6.54 Å². The molecule has 15 heavy (non-hydrogen) atoms. The first-order valence-corrected chi connectivity index (χ1v) is 5.48. The van der Waals surface area contributed by atoms with Crippen molar-refractivity contribution in [2.24, 2.45) is 0 Å². The van der Waals surface area contributed by atoms with E-state index in [1.807, 2.05) is 6.08 Å². The van der Waals surface area contributed by atoms with Crippen LogP contribution in [-0.4, -0.2) is 6.54 Å². The molecule has 0 aliphatic carbocycles. The molecule has 0 saturated heterocycles. The van der Waals surface area contributed by atoms with Gasteiger partial charge < -0.3 is 5.32 Å². The van der Waals surface area contributed by atoms with Crippen LogP contribution < -0.4 is 5.32 Å². The maximum Gasteiger partial charge on any atom is 0.0297 e. The second-order valence-corrected chi connectivity index (χ2v) is 4.21. The number of hydrogen-bond donors (Lipinski definition) is 1. The second kappa shape index (κ2) is 5.13. The van der Waals surface area contributed by atoms with Gasteiger partial charge in [-0.3, -0.25) is 0 Å². The Bertz CT molecular complexity index is 353. The lowest BCUT2D eigenvalue weighted by atomic mass is 9.96. The molecule has 0 radical (unpaired) electrons. The average molecular weight is 203 g/mol. The van der Waals surface area contributed by atoms with Crippen molar-refractivity contribution in [3.8, 4) is 0 Å². The Kier molecular flexibility index (Phi) is 4.10. The summed E-state index contributed by atoms with van der Waals surface area (Å²) in [5.41, 5.74) is 5.48. The highest BCUT2D eigenvalue weighted by Gasteiger charge is 2.08. The van der Waals surface area contributed by atoms with Crippen LogP contribution in [0.4, 0.5) is 0 Å². The van der Waals surface area contributed by atoms with Gasteiger partial charge in [0.1, 0.15) is 0 Å². The fraction of sp³-hybridized carbons (Fsp3) is 0.429. The predicted molar refractivity (Wildman–Crippen MR) is 67.3 cm³/mol. The summed E-state index contributed by atoms with van der Waals surface area (Å²) in [6.45, 7) is 13.3. The van der Waals surface area contributed by atoms with E-state index in [0.29, 0.717) is 6.04 Å². The number of rotatable bonds is 4. The average Bonchev–Trinajstić information content (AvgIpc) is 2.20. The van der Waals surface area contributed by atoms with Crippen molar-refractivity contribution >= 4 is 0 Å². The monoisotopic (exact) mass is 203 g/mol. The lowest BCUT2D eigenvalue weighted by molar-refractivity contribution is 0.614. The summed E-state index contributed by atoms with van der Waals surface area (Å²) in [4.78, 5) is 0. The van der Waals surface area contributed by atoms with Crippen LogP contribution in [0.2, 0.25) is 0 Å². The summed E-state index contributed by atoms with van der Waals surface area (Å²) in [5.74, 6) is 0. The van der Waals surface area contributed by atoms with E-state index in [1.165, 1.54) is 22.3 Å². The van der Waals surface area contributed by atoms with Gasteiger partial charge in [0.2, 0.25) is 0 Å². The summed E-state index contributed by atoms with van der Waals surface area (Å²) >= 11 is 0. The normalized spacial score (nSPS) is 12.5. The van der Waals surface area contributed by atoms with E-state index < -0.39 is 0 Å². The molecule has 0 bridgehead atoms. The van der Waals surface area contributed by atoms with Gasteiger partial charge in [-0.2, -0.15) is 0 Å². The Morgan fingerprint density at radius 2 is 1.80 bits per heavy atom. The molecular formula is C14H21N. The highest BCUT2D eigenvalue weighted by molar-refractivity contribution is 5.38. The van der Waals surface area contributed by atoms with Crippen LogP contribution in [0, 0.1) is 20.8 Å². The lowest BCUT2D eigenvalue weighted by Gasteiger charge is -2.17. The molecular weight excluding hydrogens is 182 g/mol. The summed E-state index contributed by atoms with van der Waals surface area (Å²) < 4.78 is 0. The molecule has 1 nitrogen and oxygen atoms in total. The molecule has 82 valence electrons. The van der Waals surface area contributed by atoms with Crippen LogP contribution in [0.15, 0.2) is 24.8 Å². The quantitative estimate of drug-likeness (QED) is 0.739. The molecule has 1 atom stereocenters. The molecule has 1 rings (SSSR count). The molecule has 0 spiro atoms. The molecule has 1 unspecified atom stereocenters. The lowest BCUT2D eigenvalue weighted by Crippen LogP contribution is -2.19. The van der Waals surface area contributed by atoms with Crippen molar-refractivity contribution < 1.29 is 0 Å². The van der Waals surface area contributed by atoms with Crippen LogP contribution >= 0.6 is 0 Å². The van der Waals surface area contributed by atoms with Gasteiger partial charge in [0.25, 0.3) is 0 Å². The third kappa shape index (κ3) is 2.93. The van der Waals surface area contributed by atoms with Crippen molar-refractivity contribution in [3.63, 3.8) is 0 Å². The van der Waals surface area contributed by atoms with Gasteiger partial charge in [0.05, 0.1) is 0 Å². The molecule has 0 aliphatic heterocycles. The Balaban J connectivity index is 2.93. The number of aryl methyl sites for hydroxylation is 3. The molecule has 0 aromatic heterocycles. The topological polar surface area (TPSA) is 12.0 Å². The van der Waals surface area contributed by atoms with E-state index in [4.69, 9.17) is 0 Å². The zero-order valence-electron chi connectivity index (χ0n) is 10.2. The fourth-order valence-electron chi connectivity index (χ4n) is 1.82. The minimum Gasteiger partial charge on any atom is -0.307 e. The largest absolute Gasteiger partial charge is 0.307 e. The van der Waals surface area contributed by atoms with Crippen molar-refractivity contribution in [3.05, 3.63) is 47.0 Å². The molecule has 1 N–H and O–H groups in total. The maximum absolute atomic E-state index is 3.72. The van der Waals surface area contributed by atoms with Gasteiger partial charge in [-0.1, -0.05) is 18.2 Å². The van der Waals surface area contributed by atoms with Crippen molar-refractivity contribution in [1.29, 1.82) is 0 Å². The smallest absolute Gasteiger partial charge is 0.0297 e. The molecule has 0 aliphatic rings. The third-order valence-electron chi connectivity index (χ3n) is 2.92. The number of hydrogen-bond acceptors (Lipinski definition) is 1. The van der Waals surface area contributed by atoms with E-state index in [1.54, 1.807) is 0 Å². The van der Waals surface area contributed by atoms with Crippen molar-refractivity contribution in [2.45, 2.75) is 33.7 Å². The molecule has 1 heteroatoms. The second-order valence-electron chi connectivity index (χ2n) is 4.21. The van der Waals surface area contributed by atoms with Gasteiger partial charge in [-0.05, 0) is 49.9 Å². The van der Waals surface area contributed by atoms with Crippen molar-refractivity contribution in [1.82, 2.24) is 5.32 Å². The highest BCUT2D eigenvalue weighted by atomic mass is 14.9. The highest BCUT2D eigenvalue weighted by Crippen LogP contribution is 2.21. The number of nitrogens with one attached hydrogen (secondary N) is 1. The Morgan fingerprint density at radius 1 is 1.20 bits per heavy atom. The van der Waals surface area contributed by atoms with Crippen LogP contribution in [0.5, 0.6) is 0 Å². The molecule has 0 saturated carbocycles. The van der Waals surface area contributed by atoms with E-state index in [2.05, 4.69) is 51.7 Å². The third-order valence-corrected chi connectivity index (χ3v) is 2.92. The van der Waals surface area contributed by atoms with Crippen LogP contribution in [0.3, 0.4) is 0 Å². The summed E-state index contributed by atoms with van der Waals surface area (Å²) in [5, 5.41) is 3.42. The maximum atomic E-state index is 3.72. The van der Waals surface area contributed by atoms with E-state index >= 15 is 0 Å². The summed E-state index contributed by atoms with van der Waals surface area (Å²) in [6.07, 6.45) is 1.90. The Hall–Kier alpha value is -1.08. The SMILES string of the molecule is C=CCNC(C)c1cc(C)c(C)cc1C. The summed E-state index contributed by atoms with van der Waals surface area (Å²) in [7, 11) is 0. The Labute approximate surface area is 93.2 Å².